The highest BCUT2D eigenvalue weighted by Gasteiger charge is 2.15. The second-order valence-corrected chi connectivity index (χ2v) is 7.90. The zero-order valence-electron chi connectivity index (χ0n) is 19.1. The maximum atomic E-state index is 9.94. The van der Waals surface area contributed by atoms with Gasteiger partial charge in [-0.25, -0.2) is 15.0 Å². The second-order valence-electron chi connectivity index (χ2n) is 7.90. The number of methoxy groups -OCH3 is 1. The van der Waals surface area contributed by atoms with Gasteiger partial charge in [0.1, 0.15) is 29.5 Å². The number of aromatic nitrogens is 4. The van der Waals surface area contributed by atoms with Crippen LogP contribution in [0.3, 0.4) is 0 Å². The van der Waals surface area contributed by atoms with Crippen LogP contribution < -0.4 is 9.64 Å². The summed E-state index contributed by atoms with van der Waals surface area (Å²) in [6.45, 7) is 0.476. The molecule has 3 aromatic heterocycles. The fourth-order valence-corrected chi connectivity index (χ4v) is 3.84. The average molecular weight is 462 g/mol. The highest BCUT2D eigenvalue weighted by molar-refractivity contribution is 5.72. The van der Waals surface area contributed by atoms with Crippen molar-refractivity contribution in [1.29, 1.82) is 0 Å². The zero-order valence-corrected chi connectivity index (χ0v) is 19.1. The first-order valence-electron chi connectivity index (χ1n) is 11.1. The Morgan fingerprint density at radius 3 is 2.49 bits per heavy atom. The predicted octanol–water partition coefficient (Wildman–Crippen LogP) is 5.65. The SMILES string of the molecule is COc1cccc(-c2cncc(-c3cccc(N(Cc4cccc(O)c4)c4ccncn4)n3)c2)c1. The Balaban J connectivity index is 1.52. The zero-order chi connectivity index (χ0) is 24.0. The van der Waals surface area contributed by atoms with Crippen LogP contribution >= 0.6 is 0 Å². The van der Waals surface area contributed by atoms with Gasteiger partial charge in [-0.3, -0.25) is 4.98 Å². The Labute approximate surface area is 203 Å². The van der Waals surface area contributed by atoms with Crippen LogP contribution in [0.1, 0.15) is 5.56 Å². The van der Waals surface area contributed by atoms with Crippen LogP contribution in [0.15, 0.2) is 104 Å². The van der Waals surface area contributed by atoms with Gasteiger partial charge in [-0.2, -0.15) is 0 Å². The van der Waals surface area contributed by atoms with Gasteiger partial charge in [-0.1, -0.05) is 30.3 Å². The van der Waals surface area contributed by atoms with Crippen LogP contribution in [0.5, 0.6) is 11.5 Å². The summed E-state index contributed by atoms with van der Waals surface area (Å²) in [6.07, 6.45) is 6.84. The van der Waals surface area contributed by atoms with Gasteiger partial charge in [0, 0.05) is 29.7 Å². The molecule has 7 nitrogen and oxygen atoms in total. The van der Waals surface area contributed by atoms with Crippen LogP contribution in [0, 0.1) is 0 Å². The van der Waals surface area contributed by atoms with E-state index >= 15 is 0 Å². The van der Waals surface area contributed by atoms with Gasteiger partial charge in [0.15, 0.2) is 0 Å². The monoisotopic (exact) mass is 461 g/mol. The molecule has 0 spiro atoms. The summed E-state index contributed by atoms with van der Waals surface area (Å²) in [7, 11) is 1.66. The Kier molecular flexibility index (Phi) is 6.30. The minimum absolute atomic E-state index is 0.215. The molecule has 0 aliphatic carbocycles. The lowest BCUT2D eigenvalue weighted by molar-refractivity contribution is 0.415. The van der Waals surface area contributed by atoms with Crippen LogP contribution in [0.25, 0.3) is 22.4 Å². The fraction of sp³-hybridized carbons (Fsp3) is 0.0714. The number of aromatic hydroxyl groups is 1. The summed E-state index contributed by atoms with van der Waals surface area (Å²) in [4.78, 5) is 19.9. The lowest BCUT2D eigenvalue weighted by Crippen LogP contribution is -2.19. The third kappa shape index (κ3) is 5.09. The van der Waals surface area contributed by atoms with E-state index in [0.717, 1.165) is 39.5 Å². The minimum atomic E-state index is 0.215. The van der Waals surface area contributed by atoms with Crippen molar-refractivity contribution in [3.63, 3.8) is 0 Å². The van der Waals surface area contributed by atoms with Crippen molar-refractivity contribution in [2.45, 2.75) is 6.54 Å². The van der Waals surface area contributed by atoms with Crippen molar-refractivity contribution in [2.24, 2.45) is 0 Å². The first-order valence-corrected chi connectivity index (χ1v) is 11.1. The van der Waals surface area contributed by atoms with Gasteiger partial charge in [-0.05, 0) is 59.7 Å². The summed E-state index contributed by atoms with van der Waals surface area (Å²) >= 11 is 0. The molecule has 0 aliphatic heterocycles. The number of phenolic OH excluding ortho intramolecular Hbond substituents is 1. The summed E-state index contributed by atoms with van der Waals surface area (Å²) in [6, 6.07) is 24.8. The second kappa shape index (κ2) is 10.0. The number of pyridine rings is 2. The summed E-state index contributed by atoms with van der Waals surface area (Å²) in [5.41, 5.74) is 4.60. The molecule has 0 saturated heterocycles. The van der Waals surface area contributed by atoms with E-state index in [0.29, 0.717) is 12.4 Å². The minimum Gasteiger partial charge on any atom is -0.508 e. The first kappa shape index (κ1) is 22.0. The van der Waals surface area contributed by atoms with Crippen LogP contribution in [0.2, 0.25) is 0 Å². The highest BCUT2D eigenvalue weighted by Crippen LogP contribution is 2.30. The molecule has 0 atom stereocenters. The highest BCUT2D eigenvalue weighted by atomic mass is 16.5. The van der Waals surface area contributed by atoms with E-state index in [2.05, 4.69) is 21.0 Å². The van der Waals surface area contributed by atoms with E-state index in [1.807, 2.05) is 71.8 Å². The standard InChI is InChI=1S/C28H23N5O2/c1-35-25-8-3-6-21(15-25)22-14-23(17-30-16-22)26-9-4-10-28(32-26)33(27-11-12-29-19-31-27)18-20-5-2-7-24(34)13-20/h2-17,19,34H,18H2,1H3. The maximum absolute atomic E-state index is 9.94. The van der Waals surface area contributed by atoms with Crippen molar-refractivity contribution in [3.8, 4) is 33.9 Å². The molecular formula is C28H23N5O2. The molecule has 35 heavy (non-hydrogen) atoms. The molecule has 1 N–H and O–H groups in total. The Hall–Kier alpha value is -4.78. The molecule has 0 aliphatic rings. The van der Waals surface area contributed by atoms with E-state index in [1.165, 1.54) is 6.33 Å². The maximum Gasteiger partial charge on any atom is 0.137 e. The van der Waals surface area contributed by atoms with Gasteiger partial charge in [0.2, 0.25) is 0 Å². The lowest BCUT2D eigenvalue weighted by atomic mass is 10.0. The van der Waals surface area contributed by atoms with Gasteiger partial charge in [0.05, 0.1) is 19.3 Å². The topological polar surface area (TPSA) is 84.3 Å². The number of nitrogens with zero attached hydrogens (tertiary/aromatic N) is 5. The summed E-state index contributed by atoms with van der Waals surface area (Å²) in [5.74, 6) is 2.43. The molecule has 0 amide bonds. The molecular weight excluding hydrogens is 438 g/mol. The smallest absolute Gasteiger partial charge is 0.137 e. The molecule has 5 rings (SSSR count). The van der Waals surface area contributed by atoms with Crippen molar-refractivity contribution >= 4 is 11.6 Å². The van der Waals surface area contributed by atoms with Crippen molar-refractivity contribution in [1.82, 2.24) is 19.9 Å². The molecule has 0 fully saturated rings. The third-order valence-corrected chi connectivity index (χ3v) is 5.54. The number of ether oxygens (including phenoxy) is 1. The van der Waals surface area contributed by atoms with Crippen molar-refractivity contribution < 1.29 is 9.84 Å². The van der Waals surface area contributed by atoms with Crippen molar-refractivity contribution in [2.75, 3.05) is 12.0 Å². The van der Waals surface area contributed by atoms with Gasteiger partial charge in [-0.15, -0.1) is 0 Å². The Bertz CT molecular complexity index is 1440. The van der Waals surface area contributed by atoms with Gasteiger partial charge >= 0.3 is 0 Å². The number of anilines is 2. The molecule has 7 heteroatoms. The molecule has 0 saturated carbocycles. The molecule has 3 heterocycles. The molecule has 2 aromatic carbocycles. The molecule has 0 unspecified atom stereocenters. The average Bonchev–Trinajstić information content (AvgIpc) is 2.92. The number of hydrogen-bond donors (Lipinski definition) is 1. The summed E-state index contributed by atoms with van der Waals surface area (Å²) < 4.78 is 5.37. The Morgan fingerprint density at radius 2 is 1.66 bits per heavy atom. The predicted molar refractivity (Wildman–Crippen MR) is 135 cm³/mol. The number of rotatable bonds is 7. The van der Waals surface area contributed by atoms with Gasteiger partial charge < -0.3 is 14.7 Å². The van der Waals surface area contributed by atoms with E-state index in [4.69, 9.17) is 9.72 Å². The van der Waals surface area contributed by atoms with E-state index in [1.54, 1.807) is 31.6 Å². The molecule has 0 radical (unpaired) electrons. The van der Waals surface area contributed by atoms with Gasteiger partial charge in [0.25, 0.3) is 0 Å². The largest absolute Gasteiger partial charge is 0.508 e. The van der Waals surface area contributed by atoms with Crippen LogP contribution in [-0.4, -0.2) is 32.2 Å². The quantitative estimate of drug-likeness (QED) is 0.335. The van der Waals surface area contributed by atoms with E-state index < -0.39 is 0 Å². The molecule has 0 bridgehead atoms. The normalized spacial score (nSPS) is 10.7. The third-order valence-electron chi connectivity index (χ3n) is 5.54. The number of phenols is 1. The van der Waals surface area contributed by atoms with Crippen LogP contribution in [-0.2, 0) is 6.54 Å². The van der Waals surface area contributed by atoms with E-state index in [9.17, 15) is 5.11 Å². The molecule has 5 aromatic rings. The summed E-state index contributed by atoms with van der Waals surface area (Å²) in [5, 5.41) is 9.94. The molecule has 172 valence electrons. The first-order chi connectivity index (χ1) is 17.2. The lowest BCUT2D eigenvalue weighted by Gasteiger charge is -2.23. The number of hydrogen-bond acceptors (Lipinski definition) is 7. The number of benzene rings is 2. The Morgan fingerprint density at radius 1 is 0.800 bits per heavy atom. The van der Waals surface area contributed by atoms with Crippen molar-refractivity contribution in [3.05, 3.63) is 109 Å². The fourth-order valence-electron chi connectivity index (χ4n) is 3.84. The van der Waals surface area contributed by atoms with Crippen LogP contribution in [0.4, 0.5) is 11.6 Å². The van der Waals surface area contributed by atoms with E-state index in [-0.39, 0.29) is 5.75 Å².